The third-order valence-electron chi connectivity index (χ3n) is 4.89. The molecule has 1 aromatic heterocycles. The van der Waals surface area contributed by atoms with Gasteiger partial charge in [0.2, 0.25) is 0 Å². The number of benzene rings is 1. The molecule has 1 nitrogen and oxygen atoms in total. The molecule has 2 heteroatoms. The fourth-order valence-electron chi connectivity index (χ4n) is 3.85. The van der Waals surface area contributed by atoms with Gasteiger partial charge in [-0.15, -0.1) is 34.9 Å². The molecule has 5 rings (SSSR count). The Balaban J connectivity index is 0.00000121. The summed E-state index contributed by atoms with van der Waals surface area (Å²) in [5, 5.41) is 0. The van der Waals surface area contributed by atoms with Crippen molar-refractivity contribution in [3.63, 3.8) is 0 Å². The van der Waals surface area contributed by atoms with Crippen LogP contribution in [0.1, 0.15) is 54.2 Å². The van der Waals surface area contributed by atoms with Gasteiger partial charge < -0.3 is 4.98 Å². The maximum absolute atomic E-state index is 4.53. The van der Waals surface area contributed by atoms with Gasteiger partial charge in [0.15, 0.2) is 0 Å². The van der Waals surface area contributed by atoms with Crippen molar-refractivity contribution in [3.05, 3.63) is 53.2 Å². The van der Waals surface area contributed by atoms with Crippen LogP contribution in [-0.2, 0) is 20.1 Å². The molecule has 0 aliphatic heterocycles. The SMILES string of the molecule is Cc1cccnc1-c1[c-]cc2c(c1)C1CCC2CC1.[Ir]. The quantitative estimate of drug-likeness (QED) is 0.590. The zero-order valence-electron chi connectivity index (χ0n) is 11.7. The molecule has 2 bridgehead atoms. The Bertz CT molecular complexity index is 627. The van der Waals surface area contributed by atoms with Gasteiger partial charge in [0, 0.05) is 26.3 Å². The molecule has 1 aromatic carbocycles. The predicted octanol–water partition coefficient (Wildman–Crippen LogP) is 4.61. The van der Waals surface area contributed by atoms with E-state index in [1.807, 2.05) is 12.3 Å². The summed E-state index contributed by atoms with van der Waals surface area (Å²) in [5.74, 6) is 1.59. The minimum absolute atomic E-state index is 0. The van der Waals surface area contributed by atoms with Gasteiger partial charge in [0.05, 0.1) is 0 Å². The van der Waals surface area contributed by atoms with E-state index in [0.29, 0.717) is 0 Å². The van der Waals surface area contributed by atoms with Gasteiger partial charge in [0.1, 0.15) is 0 Å². The normalized spacial score (nSPS) is 23.1. The molecule has 1 radical (unpaired) electrons. The van der Waals surface area contributed by atoms with Gasteiger partial charge >= 0.3 is 0 Å². The van der Waals surface area contributed by atoms with Crippen LogP contribution in [0.4, 0.5) is 0 Å². The molecule has 2 aromatic rings. The summed E-state index contributed by atoms with van der Waals surface area (Å²) in [7, 11) is 0. The molecule has 0 spiro atoms. The summed E-state index contributed by atoms with van der Waals surface area (Å²) in [6.07, 6.45) is 7.40. The van der Waals surface area contributed by atoms with Gasteiger partial charge in [-0.05, 0) is 37.4 Å². The third kappa shape index (κ3) is 2.15. The first-order valence-electron chi connectivity index (χ1n) is 7.30. The molecule has 105 valence electrons. The number of hydrogen-bond acceptors (Lipinski definition) is 1. The van der Waals surface area contributed by atoms with E-state index in [4.69, 9.17) is 0 Å². The largest absolute Gasteiger partial charge is 0.304 e. The second kappa shape index (κ2) is 5.42. The molecular formula is C18H18IrN-. The Morgan fingerprint density at radius 3 is 2.50 bits per heavy atom. The van der Waals surface area contributed by atoms with Crippen LogP contribution in [0.25, 0.3) is 11.3 Å². The van der Waals surface area contributed by atoms with Crippen molar-refractivity contribution in [2.45, 2.75) is 44.4 Å². The minimum atomic E-state index is 0. The Kier molecular flexibility index (Phi) is 3.79. The first-order valence-corrected chi connectivity index (χ1v) is 7.30. The third-order valence-corrected chi connectivity index (χ3v) is 4.89. The first-order chi connectivity index (χ1) is 9.33. The van der Waals surface area contributed by atoms with Gasteiger partial charge in [-0.3, -0.25) is 0 Å². The van der Waals surface area contributed by atoms with Crippen LogP contribution in [0.5, 0.6) is 0 Å². The fourth-order valence-corrected chi connectivity index (χ4v) is 3.85. The average Bonchev–Trinajstić information content (AvgIpc) is 2.49. The number of aryl methyl sites for hydroxylation is 1. The molecule has 0 N–H and O–H groups in total. The van der Waals surface area contributed by atoms with Crippen molar-refractivity contribution in [3.8, 4) is 11.3 Å². The van der Waals surface area contributed by atoms with Crippen LogP contribution < -0.4 is 0 Å². The van der Waals surface area contributed by atoms with Crippen LogP contribution in [0.2, 0.25) is 0 Å². The zero-order chi connectivity index (χ0) is 12.8. The molecule has 0 amide bonds. The molecule has 3 aliphatic carbocycles. The number of fused-ring (bicyclic) bond motifs is 2. The molecule has 1 fully saturated rings. The smallest absolute Gasteiger partial charge is 0.0160 e. The van der Waals surface area contributed by atoms with Crippen LogP contribution >= 0.6 is 0 Å². The summed E-state index contributed by atoms with van der Waals surface area (Å²) in [4.78, 5) is 4.53. The van der Waals surface area contributed by atoms with E-state index in [1.165, 1.54) is 36.8 Å². The van der Waals surface area contributed by atoms with Crippen LogP contribution in [0, 0.1) is 13.0 Å². The summed E-state index contributed by atoms with van der Waals surface area (Å²) in [6.45, 7) is 2.13. The van der Waals surface area contributed by atoms with Gasteiger partial charge in [-0.2, -0.15) is 0 Å². The number of hydrogen-bond donors (Lipinski definition) is 0. The van der Waals surface area contributed by atoms with Crippen LogP contribution in [-0.4, -0.2) is 4.98 Å². The van der Waals surface area contributed by atoms with Crippen molar-refractivity contribution >= 4 is 0 Å². The Morgan fingerprint density at radius 2 is 1.80 bits per heavy atom. The van der Waals surface area contributed by atoms with E-state index in [9.17, 15) is 0 Å². The maximum Gasteiger partial charge on any atom is 0.0160 e. The van der Waals surface area contributed by atoms with E-state index in [2.05, 4.69) is 36.2 Å². The van der Waals surface area contributed by atoms with E-state index >= 15 is 0 Å². The van der Waals surface area contributed by atoms with Crippen LogP contribution in [0.3, 0.4) is 0 Å². The summed E-state index contributed by atoms with van der Waals surface area (Å²) < 4.78 is 0. The van der Waals surface area contributed by atoms with E-state index in [1.54, 1.807) is 11.1 Å². The molecule has 0 unspecified atom stereocenters. The van der Waals surface area contributed by atoms with Gasteiger partial charge in [0.25, 0.3) is 0 Å². The molecule has 0 atom stereocenters. The minimum Gasteiger partial charge on any atom is -0.304 e. The van der Waals surface area contributed by atoms with Gasteiger partial charge in [-0.1, -0.05) is 30.4 Å². The molecule has 20 heavy (non-hydrogen) atoms. The second-order valence-electron chi connectivity index (χ2n) is 5.97. The predicted molar refractivity (Wildman–Crippen MR) is 77.2 cm³/mol. The standard InChI is InChI=1S/C18H18N.Ir/c1-12-3-2-10-19-18(12)15-8-9-16-13-4-6-14(7-5-13)17(16)11-15;/h2-3,9-11,13-14H,4-7H2,1H3;/q-1;. The van der Waals surface area contributed by atoms with Gasteiger partial charge in [-0.25, -0.2) is 0 Å². The average molecular weight is 441 g/mol. The fraction of sp³-hybridized carbons (Fsp3) is 0.389. The van der Waals surface area contributed by atoms with Crippen molar-refractivity contribution < 1.29 is 20.1 Å². The summed E-state index contributed by atoms with van der Waals surface area (Å²) in [6, 6.07) is 12.2. The zero-order valence-corrected chi connectivity index (χ0v) is 14.0. The molecule has 1 heterocycles. The van der Waals surface area contributed by atoms with E-state index < -0.39 is 0 Å². The number of rotatable bonds is 1. The Hall–Kier alpha value is -0.981. The monoisotopic (exact) mass is 441 g/mol. The first kappa shape index (κ1) is 14.0. The number of nitrogens with zero attached hydrogens (tertiary/aromatic N) is 1. The summed E-state index contributed by atoms with van der Waals surface area (Å²) in [5.41, 5.74) is 6.65. The Labute approximate surface area is 134 Å². The topological polar surface area (TPSA) is 12.9 Å². The molecule has 3 aliphatic rings. The molecular weight excluding hydrogens is 422 g/mol. The van der Waals surface area contributed by atoms with Crippen molar-refractivity contribution in [1.82, 2.24) is 4.98 Å². The summed E-state index contributed by atoms with van der Waals surface area (Å²) >= 11 is 0. The second-order valence-corrected chi connectivity index (χ2v) is 5.97. The Morgan fingerprint density at radius 1 is 1.10 bits per heavy atom. The van der Waals surface area contributed by atoms with Crippen molar-refractivity contribution in [2.24, 2.45) is 0 Å². The molecule has 0 saturated heterocycles. The number of aromatic nitrogens is 1. The van der Waals surface area contributed by atoms with E-state index in [0.717, 1.165) is 17.5 Å². The van der Waals surface area contributed by atoms with E-state index in [-0.39, 0.29) is 20.1 Å². The van der Waals surface area contributed by atoms with Crippen molar-refractivity contribution in [2.75, 3.05) is 0 Å². The molecule has 1 saturated carbocycles. The maximum atomic E-state index is 4.53. The van der Waals surface area contributed by atoms with Crippen molar-refractivity contribution in [1.29, 1.82) is 0 Å². The van der Waals surface area contributed by atoms with Crippen LogP contribution in [0.15, 0.2) is 30.5 Å². The number of pyridine rings is 1.